The van der Waals surface area contributed by atoms with E-state index < -0.39 is 17.5 Å². The molecule has 0 amide bonds. The zero-order chi connectivity index (χ0) is 23.7. The second-order valence-corrected chi connectivity index (χ2v) is 7.59. The molecule has 0 saturated carbocycles. The quantitative estimate of drug-likeness (QED) is 0.223. The number of nitrogens with one attached hydrogen (secondary N) is 1. The molecule has 1 heterocycles. The molecule has 0 aliphatic rings. The van der Waals surface area contributed by atoms with Crippen LogP contribution in [0.2, 0.25) is 0 Å². The number of aryl methyl sites for hydroxylation is 1. The monoisotopic (exact) mass is 444 g/mol. The molecule has 0 bridgehead atoms. The lowest BCUT2D eigenvalue weighted by molar-refractivity contribution is -0.119. The highest BCUT2D eigenvalue weighted by molar-refractivity contribution is 6.25. The molecule has 0 atom stereocenters. The third kappa shape index (κ3) is 6.93. The Bertz CT molecular complexity index is 992. The van der Waals surface area contributed by atoms with Crippen molar-refractivity contribution in [2.24, 2.45) is 12.0 Å². The van der Waals surface area contributed by atoms with Crippen molar-refractivity contribution >= 4 is 23.0 Å². The van der Waals surface area contributed by atoms with E-state index in [1.54, 1.807) is 43.2 Å². The molecular weight excluding hydrogens is 414 g/mol. The van der Waals surface area contributed by atoms with Crippen LogP contribution in [0.4, 0.5) is 14.5 Å². The van der Waals surface area contributed by atoms with Gasteiger partial charge in [0.1, 0.15) is 0 Å². The molecule has 0 aliphatic heterocycles. The number of rotatable bonds is 12. The Morgan fingerprint density at radius 2 is 1.88 bits per heavy atom. The Balaban J connectivity index is 2.30. The van der Waals surface area contributed by atoms with Gasteiger partial charge in [0.25, 0.3) is 5.92 Å². The second kappa shape index (κ2) is 11.5. The second-order valence-electron chi connectivity index (χ2n) is 7.59. The predicted octanol–water partition coefficient (Wildman–Crippen LogP) is 4.71. The van der Waals surface area contributed by atoms with Gasteiger partial charge >= 0.3 is 0 Å². The van der Waals surface area contributed by atoms with E-state index in [1.807, 2.05) is 6.92 Å². The molecular formula is C24H30F2N4O2. The normalized spacial score (nSPS) is 12.7. The number of hydrogen-bond acceptors (Lipinski definition) is 5. The van der Waals surface area contributed by atoms with Gasteiger partial charge < -0.3 is 5.32 Å². The summed E-state index contributed by atoms with van der Waals surface area (Å²) in [4.78, 5) is 29.4. The van der Waals surface area contributed by atoms with Crippen molar-refractivity contribution in [3.05, 3.63) is 59.4 Å². The molecule has 0 fully saturated rings. The van der Waals surface area contributed by atoms with Gasteiger partial charge in [-0.3, -0.25) is 19.3 Å². The van der Waals surface area contributed by atoms with Crippen molar-refractivity contribution in [2.75, 3.05) is 18.4 Å². The Labute approximate surface area is 187 Å². The van der Waals surface area contributed by atoms with Crippen molar-refractivity contribution in [1.82, 2.24) is 9.78 Å². The van der Waals surface area contributed by atoms with E-state index >= 15 is 0 Å². The summed E-state index contributed by atoms with van der Waals surface area (Å²) >= 11 is 0. The zero-order valence-corrected chi connectivity index (χ0v) is 19.0. The van der Waals surface area contributed by atoms with E-state index in [0.29, 0.717) is 29.9 Å². The number of benzene rings is 1. The van der Waals surface area contributed by atoms with Crippen molar-refractivity contribution in [3.63, 3.8) is 0 Å². The maximum Gasteiger partial charge on any atom is 0.273 e. The van der Waals surface area contributed by atoms with Gasteiger partial charge in [-0.2, -0.15) is 5.10 Å². The summed E-state index contributed by atoms with van der Waals surface area (Å²) in [5.74, 6) is -3.68. The van der Waals surface area contributed by atoms with Crippen molar-refractivity contribution < 1.29 is 18.4 Å². The minimum Gasteiger partial charge on any atom is -0.375 e. The number of Topliss-reactive ketones (excluding diaryl/α,β-unsaturated/α-hetero) is 2. The van der Waals surface area contributed by atoms with Crippen LogP contribution in [0.3, 0.4) is 0 Å². The highest BCUT2D eigenvalue weighted by atomic mass is 19.3. The molecule has 0 unspecified atom stereocenters. The lowest BCUT2D eigenvalue weighted by Gasteiger charge is -2.16. The van der Waals surface area contributed by atoms with Crippen LogP contribution in [-0.2, 0) is 22.6 Å². The van der Waals surface area contributed by atoms with E-state index in [2.05, 4.69) is 15.4 Å². The number of carbonyl (C=O) groups excluding carboxylic acids is 2. The van der Waals surface area contributed by atoms with E-state index in [-0.39, 0.29) is 24.1 Å². The van der Waals surface area contributed by atoms with Crippen LogP contribution in [0, 0.1) is 0 Å². The van der Waals surface area contributed by atoms with Gasteiger partial charge in [-0.05, 0) is 25.0 Å². The van der Waals surface area contributed by atoms with Gasteiger partial charge in [0.15, 0.2) is 11.6 Å². The van der Waals surface area contributed by atoms with Gasteiger partial charge in [-0.1, -0.05) is 44.5 Å². The first-order chi connectivity index (χ1) is 15.2. The number of halogens is 2. The van der Waals surface area contributed by atoms with Gasteiger partial charge in [0, 0.05) is 31.8 Å². The number of allylic oxidation sites excluding steroid dienone is 1. The average Bonchev–Trinajstić information content (AvgIpc) is 3.17. The molecule has 32 heavy (non-hydrogen) atoms. The molecule has 2 rings (SSSR count). The number of aromatic nitrogens is 2. The lowest BCUT2D eigenvalue weighted by atomic mass is 9.98. The Kier molecular flexibility index (Phi) is 8.99. The Morgan fingerprint density at radius 3 is 2.41 bits per heavy atom. The molecule has 6 nitrogen and oxygen atoms in total. The summed E-state index contributed by atoms with van der Waals surface area (Å²) in [5, 5.41) is 6.96. The van der Waals surface area contributed by atoms with Gasteiger partial charge in [-0.15, -0.1) is 0 Å². The highest BCUT2D eigenvalue weighted by Gasteiger charge is 2.30. The van der Waals surface area contributed by atoms with E-state index in [9.17, 15) is 18.4 Å². The standard InChI is InChI=1S/C24H30F2N4O2/c1-5-11-24(25,26)19-9-7-18(8-10-19)22(27-12-6-2)13-21(17(3)31)23(32)15-28-20-14-29-30(4)16-20/h7-10,13-14,16,28H,5-6,11-12,15H2,1-4H3/b21-13-,27-22?. The van der Waals surface area contributed by atoms with Gasteiger partial charge in [-0.25, -0.2) is 8.78 Å². The first-order valence-corrected chi connectivity index (χ1v) is 10.7. The molecule has 0 spiro atoms. The summed E-state index contributed by atoms with van der Waals surface area (Å²) in [6.45, 7) is 5.38. The van der Waals surface area contributed by atoms with E-state index in [4.69, 9.17) is 0 Å². The lowest BCUT2D eigenvalue weighted by Crippen LogP contribution is -2.21. The molecule has 172 valence electrons. The first kappa shape index (κ1) is 25.1. The summed E-state index contributed by atoms with van der Waals surface area (Å²) in [6.07, 6.45) is 5.65. The summed E-state index contributed by atoms with van der Waals surface area (Å²) in [5.41, 5.74) is 1.58. The van der Waals surface area contributed by atoms with Gasteiger partial charge in [0.2, 0.25) is 0 Å². The molecule has 0 aliphatic carbocycles. The minimum absolute atomic E-state index is 0.00312. The zero-order valence-electron chi connectivity index (χ0n) is 19.0. The van der Waals surface area contributed by atoms with Crippen molar-refractivity contribution in [3.8, 4) is 0 Å². The topological polar surface area (TPSA) is 76.3 Å². The molecule has 1 aromatic heterocycles. The molecule has 0 radical (unpaired) electrons. The fourth-order valence-electron chi connectivity index (χ4n) is 3.10. The number of nitrogens with zero attached hydrogens (tertiary/aromatic N) is 3. The van der Waals surface area contributed by atoms with Crippen LogP contribution in [0.1, 0.15) is 51.2 Å². The molecule has 2 aromatic rings. The molecule has 8 heteroatoms. The molecule has 1 aromatic carbocycles. The van der Waals surface area contributed by atoms with Crippen LogP contribution in [0.5, 0.6) is 0 Å². The highest BCUT2D eigenvalue weighted by Crippen LogP contribution is 2.32. The van der Waals surface area contributed by atoms with Crippen molar-refractivity contribution in [2.45, 2.75) is 46.0 Å². The number of alkyl halides is 2. The smallest absolute Gasteiger partial charge is 0.273 e. The SMILES string of the molecule is CCCN=C(/C=C(/C(C)=O)C(=O)CNc1cnn(C)c1)c1ccc(C(F)(F)CCC)cc1. The van der Waals surface area contributed by atoms with Crippen LogP contribution in [0.25, 0.3) is 0 Å². The summed E-state index contributed by atoms with van der Waals surface area (Å²) in [7, 11) is 1.76. The molecule has 0 saturated heterocycles. The third-order valence-electron chi connectivity index (χ3n) is 4.79. The van der Waals surface area contributed by atoms with E-state index in [0.717, 1.165) is 6.42 Å². The maximum atomic E-state index is 14.2. The predicted molar refractivity (Wildman–Crippen MR) is 122 cm³/mol. The average molecular weight is 445 g/mol. The fraction of sp³-hybridized carbons (Fsp3) is 0.417. The number of hydrogen-bond donors (Lipinski definition) is 1. The minimum atomic E-state index is -2.90. The van der Waals surface area contributed by atoms with Crippen LogP contribution in [-0.4, -0.2) is 40.1 Å². The summed E-state index contributed by atoms with van der Waals surface area (Å²) in [6, 6.07) is 5.86. The van der Waals surface area contributed by atoms with Crippen LogP contribution < -0.4 is 5.32 Å². The largest absolute Gasteiger partial charge is 0.375 e. The maximum absolute atomic E-state index is 14.2. The number of anilines is 1. The fourth-order valence-corrected chi connectivity index (χ4v) is 3.10. The first-order valence-electron chi connectivity index (χ1n) is 10.7. The van der Waals surface area contributed by atoms with Crippen LogP contribution >= 0.6 is 0 Å². The third-order valence-corrected chi connectivity index (χ3v) is 4.79. The van der Waals surface area contributed by atoms with E-state index in [1.165, 1.54) is 25.1 Å². The number of ketones is 2. The molecule has 1 N–H and O–H groups in total. The Hall–Kier alpha value is -3.16. The van der Waals surface area contributed by atoms with Crippen LogP contribution in [0.15, 0.2) is 53.3 Å². The Morgan fingerprint density at radius 1 is 1.19 bits per heavy atom. The van der Waals surface area contributed by atoms with Crippen molar-refractivity contribution in [1.29, 1.82) is 0 Å². The number of carbonyl (C=O) groups is 2. The number of aliphatic imine (C=N–C) groups is 1. The van der Waals surface area contributed by atoms with Gasteiger partial charge in [0.05, 0.1) is 29.7 Å². The summed E-state index contributed by atoms with van der Waals surface area (Å²) < 4.78 is 30.0.